The van der Waals surface area contributed by atoms with Gasteiger partial charge in [-0.15, -0.1) is 0 Å². The molecule has 0 radical (unpaired) electrons. The van der Waals surface area contributed by atoms with Crippen LogP contribution in [0.3, 0.4) is 0 Å². The van der Waals surface area contributed by atoms with E-state index in [-0.39, 0.29) is 5.91 Å². The smallest absolute Gasteiger partial charge is 0.254 e. The van der Waals surface area contributed by atoms with Crippen LogP contribution in [0, 0.1) is 5.92 Å². The van der Waals surface area contributed by atoms with Crippen molar-refractivity contribution in [3.05, 3.63) is 54.1 Å². The number of carbonyl (C=O) groups is 2. The fourth-order valence-electron chi connectivity index (χ4n) is 6.29. The number of hydrogen-bond acceptors (Lipinski definition) is 4. The number of likely N-dealkylation sites (tertiary alicyclic amines) is 2. The van der Waals surface area contributed by atoms with Gasteiger partial charge in [0.05, 0.1) is 6.61 Å². The second kappa shape index (κ2) is 11.9. The Labute approximate surface area is 225 Å². The van der Waals surface area contributed by atoms with E-state index in [4.69, 9.17) is 10.5 Å². The zero-order valence-corrected chi connectivity index (χ0v) is 22.2. The highest BCUT2D eigenvalue weighted by Gasteiger charge is 2.35. The van der Waals surface area contributed by atoms with Crippen molar-refractivity contribution in [2.45, 2.75) is 69.5 Å². The SMILES string of the molecule is NC(=O)C1CCCN1C(=O)c1ccc(-c2ccc(OCC3CCN(CC4(F)CCCCC4)CC3)cc2)cc1. The number of benzene rings is 2. The second-order valence-electron chi connectivity index (χ2n) is 11.4. The summed E-state index contributed by atoms with van der Waals surface area (Å²) in [6.07, 6.45) is 8.22. The molecule has 3 aliphatic rings. The Hall–Kier alpha value is -2.93. The standard InChI is InChI=1S/C31H40FN3O3/c32-31(16-2-1-3-17-31)22-34-19-14-23(15-20-34)21-38-27-12-10-25(11-13-27)24-6-8-26(9-7-24)30(37)35-18-4-5-28(35)29(33)36/h6-13,23,28H,1-5,14-22H2,(H2,33,36). The summed E-state index contributed by atoms with van der Waals surface area (Å²) in [5.74, 6) is 0.761. The Morgan fingerprint density at radius 3 is 2.13 bits per heavy atom. The zero-order chi connectivity index (χ0) is 26.5. The molecule has 7 heteroatoms. The third-order valence-corrected chi connectivity index (χ3v) is 8.61. The van der Waals surface area contributed by atoms with Crippen LogP contribution < -0.4 is 10.5 Å². The fourth-order valence-corrected chi connectivity index (χ4v) is 6.29. The molecule has 1 atom stereocenters. The third kappa shape index (κ3) is 6.37. The second-order valence-corrected chi connectivity index (χ2v) is 11.4. The number of primary amides is 1. The Morgan fingerprint density at radius 1 is 0.868 bits per heavy atom. The van der Waals surface area contributed by atoms with Crippen LogP contribution in [0.15, 0.2) is 48.5 Å². The fraction of sp³-hybridized carbons (Fsp3) is 0.548. The highest BCUT2D eigenvalue weighted by molar-refractivity contribution is 5.98. The Balaban J connectivity index is 1.09. The van der Waals surface area contributed by atoms with Crippen molar-refractivity contribution < 1.29 is 18.7 Å². The molecule has 2 aromatic rings. The van der Waals surface area contributed by atoms with Crippen molar-refractivity contribution in [1.29, 1.82) is 0 Å². The van der Waals surface area contributed by atoms with E-state index in [1.807, 2.05) is 48.5 Å². The van der Waals surface area contributed by atoms with Gasteiger partial charge < -0.3 is 20.3 Å². The first kappa shape index (κ1) is 26.7. The number of alkyl halides is 1. The molecule has 2 heterocycles. The van der Waals surface area contributed by atoms with Crippen LogP contribution in [0.25, 0.3) is 11.1 Å². The number of nitrogens with two attached hydrogens (primary N) is 1. The lowest BCUT2D eigenvalue weighted by Crippen LogP contribution is -2.45. The number of piperidine rings is 1. The quantitative estimate of drug-likeness (QED) is 0.518. The van der Waals surface area contributed by atoms with Crippen molar-refractivity contribution in [2.24, 2.45) is 11.7 Å². The molecule has 3 fully saturated rings. The van der Waals surface area contributed by atoms with Gasteiger partial charge in [-0.2, -0.15) is 0 Å². The van der Waals surface area contributed by atoms with Gasteiger partial charge in [0.15, 0.2) is 0 Å². The van der Waals surface area contributed by atoms with Crippen molar-refractivity contribution in [3.8, 4) is 16.9 Å². The molecule has 6 nitrogen and oxygen atoms in total. The van der Waals surface area contributed by atoms with Crippen molar-refractivity contribution >= 4 is 11.8 Å². The molecule has 2 amide bonds. The summed E-state index contributed by atoms with van der Waals surface area (Å²) in [6, 6.07) is 15.0. The molecular weight excluding hydrogens is 481 g/mol. The van der Waals surface area contributed by atoms with Crippen LogP contribution in [-0.4, -0.2) is 66.1 Å². The lowest BCUT2D eigenvalue weighted by atomic mass is 9.85. The summed E-state index contributed by atoms with van der Waals surface area (Å²) in [7, 11) is 0. The van der Waals surface area contributed by atoms with Crippen LogP contribution in [-0.2, 0) is 4.79 Å². The highest BCUT2D eigenvalue weighted by Crippen LogP contribution is 2.34. The van der Waals surface area contributed by atoms with Gasteiger partial charge >= 0.3 is 0 Å². The van der Waals surface area contributed by atoms with Crippen molar-refractivity contribution in [2.75, 3.05) is 32.8 Å². The number of rotatable bonds is 8. The lowest BCUT2D eigenvalue weighted by molar-refractivity contribution is -0.121. The average Bonchev–Trinajstić information content (AvgIpc) is 3.44. The molecule has 0 bridgehead atoms. The zero-order valence-electron chi connectivity index (χ0n) is 22.2. The summed E-state index contributed by atoms with van der Waals surface area (Å²) >= 11 is 0. The molecule has 1 aliphatic carbocycles. The topological polar surface area (TPSA) is 75.9 Å². The molecule has 1 saturated carbocycles. The van der Waals surface area contributed by atoms with E-state index in [0.29, 0.717) is 37.6 Å². The molecule has 38 heavy (non-hydrogen) atoms. The molecule has 5 rings (SSSR count). The van der Waals surface area contributed by atoms with E-state index in [2.05, 4.69) is 4.90 Å². The molecule has 2 aromatic carbocycles. The van der Waals surface area contributed by atoms with E-state index in [1.54, 1.807) is 4.90 Å². The molecule has 0 spiro atoms. The van der Waals surface area contributed by atoms with Crippen LogP contribution in [0.5, 0.6) is 5.75 Å². The number of amides is 2. The van der Waals surface area contributed by atoms with Gasteiger partial charge in [0, 0.05) is 18.7 Å². The molecule has 2 saturated heterocycles. The number of carbonyl (C=O) groups excluding carboxylic acids is 2. The predicted octanol–water partition coefficient (Wildman–Crippen LogP) is 5.21. The minimum Gasteiger partial charge on any atom is -0.493 e. The number of nitrogens with zero attached hydrogens (tertiary/aromatic N) is 2. The summed E-state index contributed by atoms with van der Waals surface area (Å²) in [6.45, 7) is 3.76. The van der Waals surface area contributed by atoms with Gasteiger partial charge in [0.25, 0.3) is 5.91 Å². The number of ether oxygens (including phenoxy) is 1. The van der Waals surface area contributed by atoms with Crippen LogP contribution in [0.4, 0.5) is 4.39 Å². The molecule has 2 N–H and O–H groups in total. The lowest BCUT2D eigenvalue weighted by Gasteiger charge is -2.38. The van der Waals surface area contributed by atoms with E-state index >= 15 is 4.39 Å². The molecular formula is C31H40FN3O3. The summed E-state index contributed by atoms with van der Waals surface area (Å²) < 4.78 is 21.1. The Bertz CT molecular complexity index is 1090. The maximum absolute atomic E-state index is 15.0. The van der Waals surface area contributed by atoms with Crippen LogP contribution >= 0.6 is 0 Å². The van der Waals surface area contributed by atoms with E-state index < -0.39 is 17.6 Å². The average molecular weight is 522 g/mol. The van der Waals surface area contributed by atoms with Crippen molar-refractivity contribution in [1.82, 2.24) is 9.80 Å². The third-order valence-electron chi connectivity index (χ3n) is 8.61. The van der Waals surface area contributed by atoms with Gasteiger partial charge in [-0.3, -0.25) is 9.59 Å². The van der Waals surface area contributed by atoms with Gasteiger partial charge in [-0.25, -0.2) is 4.39 Å². The maximum atomic E-state index is 15.0. The van der Waals surface area contributed by atoms with E-state index in [0.717, 1.165) is 74.9 Å². The molecule has 2 aliphatic heterocycles. The van der Waals surface area contributed by atoms with Crippen LogP contribution in [0.2, 0.25) is 0 Å². The van der Waals surface area contributed by atoms with Gasteiger partial charge in [0.2, 0.25) is 5.91 Å². The van der Waals surface area contributed by atoms with E-state index in [9.17, 15) is 9.59 Å². The molecule has 1 unspecified atom stereocenters. The Kier molecular flexibility index (Phi) is 8.32. The summed E-state index contributed by atoms with van der Waals surface area (Å²) in [5.41, 5.74) is 7.11. The summed E-state index contributed by atoms with van der Waals surface area (Å²) in [4.78, 5) is 28.4. The first-order valence-corrected chi connectivity index (χ1v) is 14.3. The van der Waals surface area contributed by atoms with Gasteiger partial charge in [-0.1, -0.05) is 43.5 Å². The maximum Gasteiger partial charge on any atom is 0.254 e. The van der Waals surface area contributed by atoms with Gasteiger partial charge in [-0.05, 0) is 92.9 Å². The normalized spacial score (nSPS) is 22.3. The molecule has 0 aromatic heterocycles. The largest absolute Gasteiger partial charge is 0.493 e. The first-order valence-electron chi connectivity index (χ1n) is 14.3. The monoisotopic (exact) mass is 521 g/mol. The summed E-state index contributed by atoms with van der Waals surface area (Å²) in [5, 5.41) is 0. The minimum absolute atomic E-state index is 0.148. The first-order chi connectivity index (χ1) is 18.4. The number of hydrogen-bond donors (Lipinski definition) is 1. The van der Waals surface area contributed by atoms with Gasteiger partial charge in [0.1, 0.15) is 17.5 Å². The molecule has 204 valence electrons. The predicted molar refractivity (Wildman–Crippen MR) is 147 cm³/mol. The number of halogens is 1. The minimum atomic E-state index is -0.971. The highest BCUT2D eigenvalue weighted by atomic mass is 19.1. The van der Waals surface area contributed by atoms with E-state index in [1.165, 1.54) is 6.42 Å². The Morgan fingerprint density at radius 2 is 1.50 bits per heavy atom. The van der Waals surface area contributed by atoms with Crippen molar-refractivity contribution in [3.63, 3.8) is 0 Å². The van der Waals surface area contributed by atoms with Crippen LogP contribution in [0.1, 0.15) is 68.1 Å².